The predicted molar refractivity (Wildman–Crippen MR) is 136 cm³/mol. The first kappa shape index (κ1) is 22.5. The van der Waals surface area contributed by atoms with E-state index in [0.717, 1.165) is 50.3 Å². The number of nitrogens with zero attached hydrogens (tertiary/aromatic N) is 2. The summed E-state index contributed by atoms with van der Waals surface area (Å²) < 4.78 is 8.34. The van der Waals surface area contributed by atoms with E-state index in [4.69, 9.17) is 4.74 Å². The summed E-state index contributed by atoms with van der Waals surface area (Å²) in [5.41, 5.74) is 5.92. The van der Waals surface area contributed by atoms with Gasteiger partial charge in [0.15, 0.2) is 0 Å². The SMILES string of the molecule is Cc1c(-c2ccc(O)cc2)n(Cc2ccc(OCCN3CCC(O)CC3)cc2)c2ccccc12. The third-order valence-electron chi connectivity index (χ3n) is 6.86. The van der Waals surface area contributed by atoms with Crippen molar-refractivity contribution in [3.8, 4) is 22.8 Å². The molecule has 0 aliphatic carbocycles. The van der Waals surface area contributed by atoms with Crippen LogP contribution in [-0.4, -0.2) is 52.0 Å². The zero-order valence-electron chi connectivity index (χ0n) is 19.7. The third kappa shape index (κ3) is 4.81. The van der Waals surface area contributed by atoms with Crippen LogP contribution in [0.2, 0.25) is 0 Å². The summed E-state index contributed by atoms with van der Waals surface area (Å²) in [7, 11) is 0. The molecule has 5 heteroatoms. The standard InChI is InChI=1S/C29H32N2O3/c1-21-27-4-2-3-5-28(27)31(29(21)23-8-10-24(32)11-9-23)20-22-6-12-26(13-7-22)34-19-18-30-16-14-25(33)15-17-30/h2-13,25,32-33H,14-20H2,1H3. The number of aliphatic hydroxyl groups excluding tert-OH is 1. The van der Waals surface area contributed by atoms with Gasteiger partial charge in [0.2, 0.25) is 0 Å². The highest BCUT2D eigenvalue weighted by atomic mass is 16.5. The molecule has 1 aliphatic heterocycles. The fraction of sp³-hybridized carbons (Fsp3) is 0.310. The second-order valence-corrected chi connectivity index (χ2v) is 9.19. The number of aryl methyl sites for hydroxylation is 1. The molecule has 3 aromatic carbocycles. The number of aliphatic hydroxyl groups is 1. The zero-order valence-corrected chi connectivity index (χ0v) is 19.7. The lowest BCUT2D eigenvalue weighted by atomic mass is 10.1. The van der Waals surface area contributed by atoms with E-state index in [2.05, 4.69) is 52.8 Å². The summed E-state index contributed by atoms with van der Waals surface area (Å²) >= 11 is 0. The number of fused-ring (bicyclic) bond motifs is 1. The Morgan fingerprint density at radius 2 is 1.62 bits per heavy atom. The number of hydrogen-bond acceptors (Lipinski definition) is 4. The maximum absolute atomic E-state index is 9.76. The normalized spacial score (nSPS) is 15.1. The van der Waals surface area contributed by atoms with Crippen molar-refractivity contribution < 1.29 is 14.9 Å². The van der Waals surface area contributed by atoms with Crippen LogP contribution in [0.3, 0.4) is 0 Å². The van der Waals surface area contributed by atoms with Crippen LogP contribution in [0.5, 0.6) is 11.5 Å². The smallest absolute Gasteiger partial charge is 0.119 e. The zero-order chi connectivity index (χ0) is 23.5. The van der Waals surface area contributed by atoms with Crippen LogP contribution in [0.4, 0.5) is 0 Å². The van der Waals surface area contributed by atoms with E-state index in [9.17, 15) is 10.2 Å². The molecule has 4 aromatic rings. The van der Waals surface area contributed by atoms with E-state index < -0.39 is 0 Å². The van der Waals surface area contributed by atoms with Crippen molar-refractivity contribution in [3.05, 3.63) is 83.9 Å². The topological polar surface area (TPSA) is 57.9 Å². The molecule has 0 amide bonds. The van der Waals surface area contributed by atoms with Gasteiger partial charge in [0.25, 0.3) is 0 Å². The maximum Gasteiger partial charge on any atom is 0.119 e. The molecule has 34 heavy (non-hydrogen) atoms. The molecule has 0 saturated carbocycles. The fourth-order valence-electron chi connectivity index (χ4n) is 4.94. The van der Waals surface area contributed by atoms with E-state index in [1.54, 1.807) is 12.1 Å². The summed E-state index contributed by atoms with van der Waals surface area (Å²) in [5.74, 6) is 1.16. The third-order valence-corrected chi connectivity index (χ3v) is 6.86. The second-order valence-electron chi connectivity index (χ2n) is 9.19. The molecular formula is C29H32N2O3. The molecule has 2 heterocycles. The minimum absolute atomic E-state index is 0.138. The number of piperidine rings is 1. The molecule has 2 N–H and O–H groups in total. The average Bonchev–Trinajstić information content (AvgIpc) is 3.13. The highest BCUT2D eigenvalue weighted by Gasteiger charge is 2.17. The van der Waals surface area contributed by atoms with Crippen LogP contribution >= 0.6 is 0 Å². The monoisotopic (exact) mass is 456 g/mol. The molecule has 0 unspecified atom stereocenters. The average molecular weight is 457 g/mol. The first-order valence-corrected chi connectivity index (χ1v) is 12.1. The van der Waals surface area contributed by atoms with Crippen LogP contribution in [0.15, 0.2) is 72.8 Å². The van der Waals surface area contributed by atoms with Crippen molar-refractivity contribution in [3.63, 3.8) is 0 Å². The Hall–Kier alpha value is -3.28. The minimum Gasteiger partial charge on any atom is -0.508 e. The molecule has 0 bridgehead atoms. The lowest BCUT2D eigenvalue weighted by Crippen LogP contribution is -2.38. The molecule has 0 atom stereocenters. The van der Waals surface area contributed by atoms with E-state index >= 15 is 0 Å². The summed E-state index contributed by atoms with van der Waals surface area (Å²) in [6, 6.07) is 24.3. The Bertz CT molecular complexity index is 1240. The fourth-order valence-corrected chi connectivity index (χ4v) is 4.94. The largest absolute Gasteiger partial charge is 0.508 e. The van der Waals surface area contributed by atoms with Gasteiger partial charge in [-0.2, -0.15) is 0 Å². The van der Waals surface area contributed by atoms with Crippen molar-refractivity contribution in [2.24, 2.45) is 0 Å². The van der Waals surface area contributed by atoms with Gasteiger partial charge in [-0.15, -0.1) is 0 Å². The highest BCUT2D eigenvalue weighted by molar-refractivity contribution is 5.91. The van der Waals surface area contributed by atoms with Gasteiger partial charge in [0, 0.05) is 37.1 Å². The summed E-state index contributed by atoms with van der Waals surface area (Å²) in [4.78, 5) is 2.35. The highest BCUT2D eigenvalue weighted by Crippen LogP contribution is 2.34. The molecule has 176 valence electrons. The van der Waals surface area contributed by atoms with Crippen molar-refractivity contribution in [2.45, 2.75) is 32.4 Å². The van der Waals surface area contributed by atoms with Gasteiger partial charge in [-0.05, 0) is 78.9 Å². The Morgan fingerprint density at radius 3 is 2.35 bits per heavy atom. The van der Waals surface area contributed by atoms with Gasteiger partial charge in [0.1, 0.15) is 18.1 Å². The first-order valence-electron chi connectivity index (χ1n) is 12.1. The number of rotatable bonds is 7. The van der Waals surface area contributed by atoms with Crippen molar-refractivity contribution in [1.29, 1.82) is 0 Å². The van der Waals surface area contributed by atoms with E-state index in [1.807, 2.05) is 24.3 Å². The van der Waals surface area contributed by atoms with Gasteiger partial charge < -0.3 is 19.5 Å². The Balaban J connectivity index is 1.32. The van der Waals surface area contributed by atoms with Gasteiger partial charge >= 0.3 is 0 Å². The van der Waals surface area contributed by atoms with Gasteiger partial charge in [0.05, 0.1) is 11.8 Å². The molecule has 1 fully saturated rings. The van der Waals surface area contributed by atoms with Crippen LogP contribution in [0.1, 0.15) is 24.0 Å². The number of aromatic nitrogens is 1. The van der Waals surface area contributed by atoms with Crippen molar-refractivity contribution in [1.82, 2.24) is 9.47 Å². The number of phenolic OH excluding ortho intramolecular Hbond substituents is 1. The van der Waals surface area contributed by atoms with Gasteiger partial charge in [-0.3, -0.25) is 4.90 Å². The van der Waals surface area contributed by atoms with E-state index in [1.165, 1.54) is 27.7 Å². The number of likely N-dealkylation sites (tertiary alicyclic amines) is 1. The second kappa shape index (κ2) is 9.92. The lowest BCUT2D eigenvalue weighted by molar-refractivity contribution is 0.0755. The Labute approximate surface area is 200 Å². The molecule has 5 rings (SSSR count). The van der Waals surface area contributed by atoms with Gasteiger partial charge in [-0.1, -0.05) is 30.3 Å². The molecular weight excluding hydrogens is 424 g/mol. The van der Waals surface area contributed by atoms with Crippen LogP contribution in [0.25, 0.3) is 22.2 Å². The van der Waals surface area contributed by atoms with Crippen molar-refractivity contribution in [2.75, 3.05) is 26.2 Å². The molecule has 1 aliphatic rings. The number of benzene rings is 3. The summed E-state index contributed by atoms with van der Waals surface area (Å²) in [5, 5.41) is 20.6. The maximum atomic E-state index is 9.76. The van der Waals surface area contributed by atoms with E-state index in [0.29, 0.717) is 6.61 Å². The van der Waals surface area contributed by atoms with Crippen LogP contribution < -0.4 is 4.74 Å². The number of phenols is 1. The molecule has 1 aromatic heterocycles. The Morgan fingerprint density at radius 1 is 0.912 bits per heavy atom. The lowest BCUT2D eigenvalue weighted by Gasteiger charge is -2.29. The predicted octanol–water partition coefficient (Wildman–Crippen LogP) is 5.21. The summed E-state index contributed by atoms with van der Waals surface area (Å²) in [6.07, 6.45) is 1.57. The van der Waals surface area contributed by atoms with E-state index in [-0.39, 0.29) is 11.9 Å². The number of aromatic hydroxyl groups is 1. The van der Waals surface area contributed by atoms with Crippen LogP contribution in [-0.2, 0) is 6.54 Å². The number of para-hydroxylation sites is 1. The summed E-state index contributed by atoms with van der Waals surface area (Å²) in [6.45, 7) is 6.34. The van der Waals surface area contributed by atoms with Gasteiger partial charge in [-0.25, -0.2) is 0 Å². The molecule has 5 nitrogen and oxygen atoms in total. The number of hydrogen-bond donors (Lipinski definition) is 2. The van der Waals surface area contributed by atoms with Crippen molar-refractivity contribution >= 4 is 10.9 Å². The quantitative estimate of drug-likeness (QED) is 0.401. The molecule has 0 radical (unpaired) electrons. The minimum atomic E-state index is -0.138. The molecule has 1 saturated heterocycles. The van der Waals surface area contributed by atoms with Crippen LogP contribution in [0, 0.1) is 6.92 Å². The molecule has 0 spiro atoms. The first-order chi connectivity index (χ1) is 16.6. The number of ether oxygens (including phenoxy) is 1. The Kier molecular flexibility index (Phi) is 6.57.